The number of amides is 2. The summed E-state index contributed by atoms with van der Waals surface area (Å²) in [6.07, 6.45) is 2.05. The maximum atomic E-state index is 12.7. The summed E-state index contributed by atoms with van der Waals surface area (Å²) in [5.74, 6) is -1.24. The lowest BCUT2D eigenvalue weighted by molar-refractivity contribution is 0.101. The fraction of sp³-hybridized carbons (Fsp3) is 0.0909. The van der Waals surface area contributed by atoms with Crippen LogP contribution in [0.3, 0.4) is 0 Å². The highest BCUT2D eigenvalue weighted by Crippen LogP contribution is 2.29. The van der Waals surface area contributed by atoms with Crippen LogP contribution in [-0.4, -0.2) is 51.1 Å². The molecule has 0 spiro atoms. The fourth-order valence-corrected chi connectivity index (χ4v) is 6.35. The van der Waals surface area contributed by atoms with Gasteiger partial charge in [0.15, 0.2) is 29.9 Å². The number of carbonyl (C=O) groups is 2. The van der Waals surface area contributed by atoms with E-state index in [1.54, 1.807) is 22.9 Å². The molecule has 4 rings (SSSR count). The number of sulfone groups is 2. The summed E-state index contributed by atoms with van der Waals surface area (Å²) in [5.41, 5.74) is 0.870. The summed E-state index contributed by atoms with van der Waals surface area (Å²) in [5, 5.41) is 8.96. The van der Waals surface area contributed by atoms with Gasteiger partial charge in [-0.05, 0) is 24.3 Å². The maximum absolute atomic E-state index is 12.7. The average Bonchev–Trinajstić information content (AvgIpc) is 3.47. The van der Waals surface area contributed by atoms with Crippen LogP contribution in [0.4, 0.5) is 10.3 Å². The molecule has 36 heavy (non-hydrogen) atoms. The second-order valence-corrected chi connectivity index (χ2v) is 13.2. The Labute approximate surface area is 214 Å². The van der Waals surface area contributed by atoms with Crippen molar-refractivity contribution in [2.24, 2.45) is 0 Å². The normalized spacial score (nSPS) is 11.7. The third-order valence-corrected chi connectivity index (χ3v) is 8.60. The van der Waals surface area contributed by atoms with Crippen molar-refractivity contribution in [1.82, 2.24) is 9.97 Å². The first-order valence-corrected chi connectivity index (χ1v) is 15.6. The molecule has 2 heterocycles. The summed E-state index contributed by atoms with van der Waals surface area (Å²) in [4.78, 5) is 33.8. The van der Waals surface area contributed by atoms with Crippen LogP contribution in [0.1, 0.15) is 20.7 Å². The smallest absolute Gasteiger partial charge is 0.258 e. The SMILES string of the molecule is CS(=O)(=O)c1ccccc1C(=O)Nc1nc(-c2csc(NC(=O)c3ccccc3S(C)(=O)=O)n2)cs1. The van der Waals surface area contributed by atoms with Crippen LogP contribution in [-0.2, 0) is 19.7 Å². The molecule has 0 fully saturated rings. The summed E-state index contributed by atoms with van der Waals surface area (Å²) in [6.45, 7) is 0. The molecule has 0 aliphatic carbocycles. The average molecular weight is 563 g/mol. The number of rotatable bonds is 7. The van der Waals surface area contributed by atoms with Crippen LogP contribution in [0.2, 0.25) is 0 Å². The lowest BCUT2D eigenvalue weighted by atomic mass is 10.2. The molecule has 2 aromatic heterocycles. The van der Waals surface area contributed by atoms with Gasteiger partial charge < -0.3 is 0 Å². The van der Waals surface area contributed by atoms with Gasteiger partial charge in [-0.15, -0.1) is 22.7 Å². The molecule has 4 aromatic rings. The number of aromatic nitrogens is 2. The molecule has 14 heteroatoms. The zero-order valence-electron chi connectivity index (χ0n) is 18.8. The zero-order chi connectivity index (χ0) is 26.1. The minimum absolute atomic E-state index is 0.00443. The van der Waals surface area contributed by atoms with Gasteiger partial charge in [0, 0.05) is 23.3 Å². The Morgan fingerprint density at radius 3 is 1.39 bits per heavy atom. The number of anilines is 2. The predicted molar refractivity (Wildman–Crippen MR) is 138 cm³/mol. The third kappa shape index (κ3) is 5.67. The van der Waals surface area contributed by atoms with Gasteiger partial charge in [-0.2, -0.15) is 0 Å². The Morgan fingerprint density at radius 1 is 0.667 bits per heavy atom. The minimum Gasteiger partial charge on any atom is -0.298 e. The van der Waals surface area contributed by atoms with E-state index in [0.29, 0.717) is 11.4 Å². The van der Waals surface area contributed by atoms with Crippen LogP contribution >= 0.6 is 22.7 Å². The molecular formula is C22H18N4O6S4. The Hall–Kier alpha value is -3.46. The molecule has 0 bridgehead atoms. The van der Waals surface area contributed by atoms with Crippen LogP contribution in [0.15, 0.2) is 69.1 Å². The number of benzene rings is 2. The van der Waals surface area contributed by atoms with E-state index in [2.05, 4.69) is 20.6 Å². The van der Waals surface area contributed by atoms with Gasteiger partial charge in [0.2, 0.25) is 0 Å². The van der Waals surface area contributed by atoms with Gasteiger partial charge in [0.25, 0.3) is 11.8 Å². The molecular weight excluding hydrogens is 545 g/mol. The van der Waals surface area contributed by atoms with E-state index >= 15 is 0 Å². The van der Waals surface area contributed by atoms with Crippen molar-refractivity contribution < 1.29 is 26.4 Å². The summed E-state index contributed by atoms with van der Waals surface area (Å²) < 4.78 is 47.9. The Bertz CT molecular complexity index is 1560. The first-order valence-electron chi connectivity index (χ1n) is 10.1. The Kier molecular flexibility index (Phi) is 7.04. The number of thiazole rings is 2. The number of hydrogen-bond donors (Lipinski definition) is 2. The van der Waals surface area contributed by atoms with Crippen molar-refractivity contribution in [1.29, 1.82) is 0 Å². The molecule has 2 amide bonds. The first kappa shape index (κ1) is 25.6. The van der Waals surface area contributed by atoms with Crippen LogP contribution < -0.4 is 10.6 Å². The van der Waals surface area contributed by atoms with Crippen molar-refractivity contribution in [3.05, 3.63) is 70.4 Å². The van der Waals surface area contributed by atoms with Gasteiger partial charge in [-0.25, -0.2) is 26.8 Å². The lowest BCUT2D eigenvalue weighted by Crippen LogP contribution is -2.16. The molecule has 0 saturated heterocycles. The topological polar surface area (TPSA) is 152 Å². The third-order valence-electron chi connectivity index (χ3n) is 4.77. The molecule has 10 nitrogen and oxygen atoms in total. The van der Waals surface area contributed by atoms with E-state index in [0.717, 1.165) is 35.2 Å². The van der Waals surface area contributed by atoms with Crippen molar-refractivity contribution >= 4 is 64.4 Å². The largest absolute Gasteiger partial charge is 0.298 e. The van der Waals surface area contributed by atoms with E-state index in [9.17, 15) is 26.4 Å². The van der Waals surface area contributed by atoms with E-state index < -0.39 is 31.5 Å². The summed E-state index contributed by atoms with van der Waals surface area (Å²) in [7, 11) is -7.20. The lowest BCUT2D eigenvalue weighted by Gasteiger charge is -2.07. The van der Waals surface area contributed by atoms with E-state index in [4.69, 9.17) is 0 Å². The predicted octanol–water partition coefficient (Wildman–Crippen LogP) is 3.58. The van der Waals surface area contributed by atoms with Crippen LogP contribution in [0, 0.1) is 0 Å². The molecule has 0 unspecified atom stereocenters. The zero-order valence-corrected chi connectivity index (χ0v) is 22.0. The fourth-order valence-electron chi connectivity index (χ4n) is 3.18. The van der Waals surface area contributed by atoms with E-state index in [-0.39, 0.29) is 31.2 Å². The number of hydrogen-bond acceptors (Lipinski definition) is 10. The van der Waals surface area contributed by atoms with Gasteiger partial charge in [-0.1, -0.05) is 24.3 Å². The van der Waals surface area contributed by atoms with E-state index in [1.807, 2.05) is 0 Å². The van der Waals surface area contributed by atoms with Crippen LogP contribution in [0.25, 0.3) is 11.4 Å². The molecule has 0 atom stereocenters. The van der Waals surface area contributed by atoms with E-state index in [1.165, 1.54) is 36.4 Å². The standard InChI is InChI=1S/C22H18N4O6S4/c1-35(29,30)17-9-5-3-7-13(17)19(27)25-21-23-15(11-33-21)16-12-34-22(24-16)26-20(28)14-8-4-6-10-18(14)36(2,31)32/h3-12H,1-2H3,(H,23,25,27)(H,24,26,28). The number of carbonyl (C=O) groups excluding carboxylic acids is 2. The highest BCUT2D eigenvalue weighted by Gasteiger charge is 2.21. The quantitative estimate of drug-likeness (QED) is 0.347. The minimum atomic E-state index is -3.60. The molecule has 0 aliphatic rings. The van der Waals surface area contributed by atoms with Gasteiger partial charge >= 0.3 is 0 Å². The molecule has 0 radical (unpaired) electrons. The van der Waals surface area contributed by atoms with Crippen LogP contribution in [0.5, 0.6) is 0 Å². The maximum Gasteiger partial charge on any atom is 0.258 e. The van der Waals surface area contributed by atoms with Crippen molar-refractivity contribution in [2.75, 3.05) is 23.1 Å². The summed E-state index contributed by atoms with van der Waals surface area (Å²) >= 11 is 2.25. The first-order chi connectivity index (χ1) is 16.9. The Morgan fingerprint density at radius 2 is 1.03 bits per heavy atom. The highest BCUT2D eigenvalue weighted by atomic mass is 32.2. The molecule has 2 aromatic carbocycles. The molecule has 2 N–H and O–H groups in total. The second-order valence-electron chi connectivity index (χ2n) is 7.52. The van der Waals surface area contributed by atoms with Gasteiger partial charge in [-0.3, -0.25) is 20.2 Å². The Balaban J connectivity index is 1.50. The van der Waals surface area contributed by atoms with Crippen molar-refractivity contribution in [3.8, 4) is 11.4 Å². The van der Waals surface area contributed by atoms with Crippen molar-refractivity contribution in [3.63, 3.8) is 0 Å². The summed E-state index contributed by atoms with van der Waals surface area (Å²) in [6, 6.07) is 11.7. The van der Waals surface area contributed by atoms with Gasteiger partial charge in [0.05, 0.1) is 20.9 Å². The number of nitrogens with zero attached hydrogens (tertiary/aromatic N) is 2. The highest BCUT2D eigenvalue weighted by molar-refractivity contribution is 7.91. The molecule has 0 saturated carbocycles. The second kappa shape index (κ2) is 9.89. The molecule has 186 valence electrons. The number of nitrogens with one attached hydrogen (secondary N) is 2. The van der Waals surface area contributed by atoms with Crippen molar-refractivity contribution in [2.45, 2.75) is 9.79 Å². The molecule has 0 aliphatic heterocycles. The monoisotopic (exact) mass is 562 g/mol. The van der Waals surface area contributed by atoms with Gasteiger partial charge in [0.1, 0.15) is 11.4 Å².